The molecule has 2 aromatic rings. The third-order valence-electron chi connectivity index (χ3n) is 2.53. The maximum absolute atomic E-state index is 12.0. The molecule has 0 aliphatic rings. The molecular formula is C15H14N2O2S. The van der Waals surface area contributed by atoms with Crippen LogP contribution in [0.15, 0.2) is 30.6 Å². The Bertz CT molecular complexity index is 668. The van der Waals surface area contributed by atoms with Crippen LogP contribution >= 0.6 is 11.3 Å². The molecule has 0 bridgehead atoms. The van der Waals surface area contributed by atoms with Crippen molar-refractivity contribution in [2.75, 3.05) is 6.61 Å². The molecule has 0 aromatic carbocycles. The number of pyridine rings is 1. The average Bonchev–Trinajstić information content (AvgIpc) is 2.88. The summed E-state index contributed by atoms with van der Waals surface area (Å²) in [6, 6.07) is 5.69. The predicted molar refractivity (Wildman–Crippen MR) is 78.4 cm³/mol. The molecule has 0 aliphatic carbocycles. The van der Waals surface area contributed by atoms with Crippen LogP contribution in [-0.2, 0) is 6.54 Å². The summed E-state index contributed by atoms with van der Waals surface area (Å²) in [5, 5.41) is 11.5. The number of carbonyl (C=O) groups excluding carboxylic acids is 1. The predicted octanol–water partition coefficient (Wildman–Crippen LogP) is 1.73. The van der Waals surface area contributed by atoms with Crippen LogP contribution in [-0.4, -0.2) is 22.6 Å². The first-order chi connectivity index (χ1) is 9.69. The average molecular weight is 286 g/mol. The number of amides is 1. The lowest BCUT2D eigenvalue weighted by Gasteiger charge is -2.03. The van der Waals surface area contributed by atoms with E-state index in [1.165, 1.54) is 11.1 Å². The van der Waals surface area contributed by atoms with Crippen molar-refractivity contribution in [3.05, 3.63) is 51.5 Å². The minimum absolute atomic E-state index is 0.184. The molecular weight excluding hydrogens is 272 g/mol. The first-order valence-electron chi connectivity index (χ1n) is 6.07. The van der Waals surface area contributed by atoms with Crippen LogP contribution in [0.25, 0.3) is 0 Å². The normalized spacial score (nSPS) is 9.70. The van der Waals surface area contributed by atoms with Gasteiger partial charge in [0.05, 0.1) is 12.1 Å². The highest BCUT2D eigenvalue weighted by atomic mass is 32.1. The molecule has 0 saturated carbocycles. The van der Waals surface area contributed by atoms with Crippen LogP contribution in [0.3, 0.4) is 0 Å². The summed E-state index contributed by atoms with van der Waals surface area (Å²) < 4.78 is 0. The molecule has 2 N–H and O–H groups in total. The first kappa shape index (κ1) is 14.3. The lowest BCUT2D eigenvalue weighted by atomic mass is 10.2. The van der Waals surface area contributed by atoms with Crippen LogP contribution in [0.4, 0.5) is 0 Å². The molecule has 0 atom stereocenters. The number of nitrogens with one attached hydrogen (secondary N) is 1. The van der Waals surface area contributed by atoms with Gasteiger partial charge in [0.15, 0.2) is 0 Å². The van der Waals surface area contributed by atoms with Crippen LogP contribution in [0.2, 0.25) is 0 Å². The van der Waals surface area contributed by atoms with Gasteiger partial charge in [0.1, 0.15) is 6.61 Å². The zero-order valence-corrected chi connectivity index (χ0v) is 11.8. The lowest BCUT2D eigenvalue weighted by molar-refractivity contribution is 0.0951. The Hall–Kier alpha value is -2.16. The smallest absolute Gasteiger partial charge is 0.253 e. The van der Waals surface area contributed by atoms with Gasteiger partial charge in [0.25, 0.3) is 5.91 Å². The minimum Gasteiger partial charge on any atom is -0.384 e. The summed E-state index contributed by atoms with van der Waals surface area (Å²) in [5.41, 5.74) is 1.07. The van der Waals surface area contributed by atoms with Crippen molar-refractivity contribution in [2.24, 2.45) is 0 Å². The third-order valence-corrected chi connectivity index (χ3v) is 3.53. The molecule has 4 nitrogen and oxygen atoms in total. The van der Waals surface area contributed by atoms with Gasteiger partial charge < -0.3 is 10.4 Å². The van der Waals surface area contributed by atoms with E-state index in [9.17, 15) is 4.79 Å². The Balaban J connectivity index is 2.01. The first-order valence-corrected chi connectivity index (χ1v) is 6.89. The largest absolute Gasteiger partial charge is 0.384 e. The van der Waals surface area contributed by atoms with Crippen molar-refractivity contribution in [3.63, 3.8) is 0 Å². The van der Waals surface area contributed by atoms with Gasteiger partial charge in [0.2, 0.25) is 0 Å². The molecule has 2 rings (SSSR count). The van der Waals surface area contributed by atoms with Crippen LogP contribution in [0, 0.1) is 18.8 Å². The highest BCUT2D eigenvalue weighted by Gasteiger charge is 2.07. The molecule has 0 spiro atoms. The zero-order valence-electron chi connectivity index (χ0n) is 11.0. The zero-order chi connectivity index (χ0) is 14.4. The minimum atomic E-state index is -0.214. The summed E-state index contributed by atoms with van der Waals surface area (Å²) in [4.78, 5) is 18.3. The second-order valence-electron chi connectivity index (χ2n) is 4.12. The Kier molecular flexibility index (Phi) is 4.88. The number of rotatable bonds is 3. The van der Waals surface area contributed by atoms with E-state index in [1.807, 2.05) is 19.1 Å². The molecule has 102 valence electrons. The van der Waals surface area contributed by atoms with E-state index in [0.29, 0.717) is 17.7 Å². The van der Waals surface area contributed by atoms with Gasteiger partial charge in [-0.15, -0.1) is 11.3 Å². The molecule has 5 heteroatoms. The number of nitrogens with zero attached hydrogens (tertiary/aromatic N) is 1. The number of carbonyl (C=O) groups is 1. The fraction of sp³-hybridized carbons (Fsp3) is 0.200. The van der Waals surface area contributed by atoms with E-state index in [2.05, 4.69) is 22.1 Å². The topological polar surface area (TPSA) is 62.2 Å². The quantitative estimate of drug-likeness (QED) is 0.845. The van der Waals surface area contributed by atoms with E-state index >= 15 is 0 Å². The van der Waals surface area contributed by atoms with Crippen molar-refractivity contribution in [2.45, 2.75) is 13.5 Å². The van der Waals surface area contributed by atoms with Crippen LogP contribution < -0.4 is 5.32 Å². The van der Waals surface area contributed by atoms with E-state index in [-0.39, 0.29) is 12.5 Å². The summed E-state index contributed by atoms with van der Waals surface area (Å²) >= 11 is 1.66. The number of aryl methyl sites for hydroxylation is 1. The van der Waals surface area contributed by atoms with E-state index in [0.717, 1.165) is 4.88 Å². The highest BCUT2D eigenvalue weighted by molar-refractivity contribution is 7.11. The summed E-state index contributed by atoms with van der Waals surface area (Å²) in [7, 11) is 0. The van der Waals surface area contributed by atoms with E-state index in [1.54, 1.807) is 23.6 Å². The van der Waals surface area contributed by atoms with Crippen LogP contribution in [0.1, 0.15) is 25.7 Å². The lowest BCUT2D eigenvalue weighted by Crippen LogP contribution is -2.22. The standard InChI is InChI=1S/C15H14N2O2S/c1-11-4-5-14(20-11)10-17-15(19)13-7-12(3-2-6-18)8-16-9-13/h4-5,7-9,18H,6,10H2,1H3,(H,17,19). The third kappa shape index (κ3) is 3.92. The molecule has 0 saturated heterocycles. The van der Waals surface area contributed by atoms with Gasteiger partial charge in [-0.2, -0.15) is 0 Å². The Morgan fingerprint density at radius 1 is 1.45 bits per heavy atom. The van der Waals surface area contributed by atoms with Crippen molar-refractivity contribution >= 4 is 17.2 Å². The molecule has 2 heterocycles. The fourth-order valence-corrected chi connectivity index (χ4v) is 2.45. The van der Waals surface area contributed by atoms with Gasteiger partial charge >= 0.3 is 0 Å². The molecule has 2 aromatic heterocycles. The van der Waals surface area contributed by atoms with Gasteiger partial charge in [-0.05, 0) is 25.1 Å². The van der Waals surface area contributed by atoms with Crippen LogP contribution in [0.5, 0.6) is 0 Å². The number of aliphatic hydroxyl groups is 1. The molecule has 20 heavy (non-hydrogen) atoms. The van der Waals surface area contributed by atoms with Crippen molar-refractivity contribution < 1.29 is 9.90 Å². The Labute approximate surface area is 121 Å². The Morgan fingerprint density at radius 3 is 3.00 bits per heavy atom. The van der Waals surface area contributed by atoms with E-state index in [4.69, 9.17) is 5.11 Å². The number of hydrogen-bond donors (Lipinski definition) is 2. The number of aromatic nitrogens is 1. The number of aliphatic hydroxyl groups excluding tert-OH is 1. The Morgan fingerprint density at radius 2 is 2.30 bits per heavy atom. The highest BCUT2D eigenvalue weighted by Crippen LogP contribution is 2.14. The second kappa shape index (κ2) is 6.85. The van der Waals surface area contributed by atoms with Gasteiger partial charge in [-0.25, -0.2) is 0 Å². The van der Waals surface area contributed by atoms with Crippen molar-refractivity contribution in [3.8, 4) is 11.8 Å². The second-order valence-corrected chi connectivity index (χ2v) is 5.49. The van der Waals surface area contributed by atoms with Gasteiger partial charge in [-0.1, -0.05) is 11.8 Å². The van der Waals surface area contributed by atoms with Crippen molar-refractivity contribution in [1.82, 2.24) is 10.3 Å². The summed E-state index contributed by atoms with van der Waals surface area (Å²) in [6.45, 7) is 2.32. The summed E-state index contributed by atoms with van der Waals surface area (Å²) in [5.74, 6) is 5.07. The maximum Gasteiger partial charge on any atom is 0.253 e. The maximum atomic E-state index is 12.0. The molecule has 0 radical (unpaired) electrons. The summed E-state index contributed by atoms with van der Waals surface area (Å²) in [6.07, 6.45) is 3.06. The van der Waals surface area contributed by atoms with E-state index < -0.39 is 0 Å². The number of thiophene rings is 1. The number of hydrogen-bond acceptors (Lipinski definition) is 4. The van der Waals surface area contributed by atoms with Crippen molar-refractivity contribution in [1.29, 1.82) is 0 Å². The van der Waals surface area contributed by atoms with Gasteiger partial charge in [-0.3, -0.25) is 9.78 Å². The monoisotopic (exact) mass is 286 g/mol. The molecule has 0 aliphatic heterocycles. The van der Waals surface area contributed by atoms with Gasteiger partial charge in [0, 0.05) is 27.7 Å². The molecule has 1 amide bonds. The fourth-order valence-electron chi connectivity index (χ4n) is 1.62. The SMILES string of the molecule is Cc1ccc(CNC(=O)c2cncc(C#CCO)c2)s1. The molecule has 0 unspecified atom stereocenters. The molecule has 0 fully saturated rings.